The molecule has 0 aliphatic rings. The van der Waals surface area contributed by atoms with E-state index in [0.29, 0.717) is 0 Å². The third kappa shape index (κ3) is 2.89. The number of benzene rings is 1. The number of pyridine rings is 1. The lowest BCUT2D eigenvalue weighted by Crippen LogP contribution is -2.22. The van der Waals surface area contributed by atoms with Crippen molar-refractivity contribution in [3.63, 3.8) is 0 Å². The molecule has 0 saturated carbocycles. The fourth-order valence-electron chi connectivity index (χ4n) is 2.64. The highest BCUT2D eigenvalue weighted by molar-refractivity contribution is 9.10. The smallest absolute Gasteiger partial charge is 0.0708 e. The van der Waals surface area contributed by atoms with Crippen molar-refractivity contribution in [2.24, 2.45) is 0 Å². The molecule has 0 aliphatic carbocycles. The molecule has 0 aliphatic heterocycles. The SMILES string of the molecule is CCNC(c1sccc1Br)c1cc(C)nc2ccccc12. The van der Waals surface area contributed by atoms with Crippen LogP contribution in [-0.2, 0) is 0 Å². The van der Waals surface area contributed by atoms with Gasteiger partial charge in [-0.3, -0.25) is 4.98 Å². The Balaban J connectivity index is 2.22. The van der Waals surface area contributed by atoms with Gasteiger partial charge < -0.3 is 5.32 Å². The normalized spacial score (nSPS) is 12.7. The molecule has 0 radical (unpaired) electrons. The molecule has 4 heteroatoms. The fraction of sp³-hybridized carbons (Fsp3) is 0.235. The molecular formula is C17H17BrN2S. The number of aromatic nitrogens is 1. The van der Waals surface area contributed by atoms with E-state index in [1.165, 1.54) is 15.8 Å². The van der Waals surface area contributed by atoms with Gasteiger partial charge in [0.05, 0.1) is 11.6 Å². The molecule has 1 aromatic carbocycles. The van der Waals surface area contributed by atoms with E-state index in [2.05, 4.69) is 75.8 Å². The van der Waals surface area contributed by atoms with Crippen molar-refractivity contribution >= 4 is 38.2 Å². The number of halogens is 1. The minimum Gasteiger partial charge on any atom is -0.306 e. The van der Waals surface area contributed by atoms with E-state index in [0.717, 1.165) is 22.2 Å². The number of thiophene rings is 1. The second-order valence-electron chi connectivity index (χ2n) is 4.99. The third-order valence-corrected chi connectivity index (χ3v) is 5.44. The Morgan fingerprint density at radius 1 is 1.29 bits per heavy atom. The van der Waals surface area contributed by atoms with E-state index in [-0.39, 0.29) is 6.04 Å². The average molecular weight is 361 g/mol. The molecule has 1 N–H and O–H groups in total. The molecular weight excluding hydrogens is 344 g/mol. The highest BCUT2D eigenvalue weighted by atomic mass is 79.9. The Morgan fingerprint density at radius 3 is 2.81 bits per heavy atom. The number of nitrogens with zero attached hydrogens (tertiary/aromatic N) is 1. The standard InChI is InChI=1S/C17H17BrN2S/c1-3-19-16(17-14(18)8-9-21-17)13-10-11(2)20-15-7-5-4-6-12(13)15/h4-10,16,19H,3H2,1-2H3. The van der Waals surface area contributed by atoms with Crippen LogP contribution in [-0.4, -0.2) is 11.5 Å². The monoisotopic (exact) mass is 360 g/mol. The first-order chi connectivity index (χ1) is 10.2. The quantitative estimate of drug-likeness (QED) is 0.702. The molecule has 0 spiro atoms. The Labute approximate surface area is 137 Å². The van der Waals surface area contributed by atoms with E-state index in [4.69, 9.17) is 0 Å². The van der Waals surface area contributed by atoms with Crippen molar-refractivity contribution < 1.29 is 0 Å². The first-order valence-corrected chi connectivity index (χ1v) is 8.70. The molecule has 21 heavy (non-hydrogen) atoms. The van der Waals surface area contributed by atoms with Gasteiger partial charge in [0.15, 0.2) is 0 Å². The van der Waals surface area contributed by atoms with E-state index in [9.17, 15) is 0 Å². The van der Waals surface area contributed by atoms with Crippen LogP contribution >= 0.6 is 27.3 Å². The Morgan fingerprint density at radius 2 is 2.10 bits per heavy atom. The summed E-state index contributed by atoms with van der Waals surface area (Å²) in [5.41, 5.74) is 3.41. The van der Waals surface area contributed by atoms with Gasteiger partial charge in [-0.2, -0.15) is 0 Å². The van der Waals surface area contributed by atoms with Crippen LogP contribution in [0.3, 0.4) is 0 Å². The largest absolute Gasteiger partial charge is 0.306 e. The van der Waals surface area contributed by atoms with Crippen LogP contribution < -0.4 is 5.32 Å². The number of hydrogen-bond donors (Lipinski definition) is 1. The number of aryl methyl sites for hydroxylation is 1. The number of hydrogen-bond acceptors (Lipinski definition) is 3. The maximum atomic E-state index is 4.65. The summed E-state index contributed by atoms with van der Waals surface area (Å²) in [7, 11) is 0. The van der Waals surface area contributed by atoms with Gasteiger partial charge in [-0.25, -0.2) is 0 Å². The predicted octanol–water partition coefficient (Wildman–Crippen LogP) is 5.07. The minimum absolute atomic E-state index is 0.191. The molecule has 2 aromatic heterocycles. The van der Waals surface area contributed by atoms with Crippen LogP contribution in [0.5, 0.6) is 0 Å². The van der Waals surface area contributed by atoms with Crippen LogP contribution in [0, 0.1) is 6.92 Å². The number of nitrogens with one attached hydrogen (secondary N) is 1. The Bertz CT molecular complexity index is 766. The molecule has 1 atom stereocenters. The van der Waals surface area contributed by atoms with Crippen molar-refractivity contribution in [3.8, 4) is 0 Å². The van der Waals surface area contributed by atoms with Gasteiger partial charge in [0, 0.05) is 20.4 Å². The lowest BCUT2D eigenvalue weighted by Gasteiger charge is -2.20. The molecule has 2 heterocycles. The zero-order valence-corrected chi connectivity index (χ0v) is 14.5. The van der Waals surface area contributed by atoms with Crippen LogP contribution in [0.1, 0.15) is 29.1 Å². The topological polar surface area (TPSA) is 24.9 Å². The van der Waals surface area contributed by atoms with E-state index in [1.54, 1.807) is 11.3 Å². The van der Waals surface area contributed by atoms with E-state index >= 15 is 0 Å². The van der Waals surface area contributed by atoms with Crippen molar-refractivity contribution in [2.75, 3.05) is 6.54 Å². The molecule has 108 valence electrons. The summed E-state index contributed by atoms with van der Waals surface area (Å²) in [6, 6.07) is 12.9. The first-order valence-electron chi connectivity index (χ1n) is 7.03. The van der Waals surface area contributed by atoms with Crippen molar-refractivity contribution in [1.82, 2.24) is 10.3 Å². The highest BCUT2D eigenvalue weighted by Crippen LogP contribution is 2.36. The number of rotatable bonds is 4. The van der Waals surface area contributed by atoms with Gasteiger partial charge in [0.1, 0.15) is 0 Å². The van der Waals surface area contributed by atoms with E-state index in [1.807, 2.05) is 6.07 Å². The van der Waals surface area contributed by atoms with Crippen LogP contribution in [0.25, 0.3) is 10.9 Å². The first kappa shape index (κ1) is 14.7. The molecule has 2 nitrogen and oxygen atoms in total. The van der Waals surface area contributed by atoms with Gasteiger partial charge in [0.2, 0.25) is 0 Å². The van der Waals surface area contributed by atoms with Crippen molar-refractivity contribution in [3.05, 3.63) is 62.4 Å². The molecule has 0 bridgehead atoms. The molecule has 0 fully saturated rings. The van der Waals surface area contributed by atoms with Gasteiger partial charge in [-0.05, 0) is 58.5 Å². The molecule has 3 aromatic rings. The van der Waals surface area contributed by atoms with Gasteiger partial charge >= 0.3 is 0 Å². The maximum absolute atomic E-state index is 4.65. The Hall–Kier alpha value is -1.23. The summed E-state index contributed by atoms with van der Waals surface area (Å²) >= 11 is 5.45. The predicted molar refractivity (Wildman–Crippen MR) is 94.0 cm³/mol. The van der Waals surface area contributed by atoms with Gasteiger partial charge in [-0.15, -0.1) is 11.3 Å². The zero-order valence-electron chi connectivity index (χ0n) is 12.1. The summed E-state index contributed by atoms with van der Waals surface area (Å²) in [6.45, 7) is 5.12. The molecule has 0 saturated heterocycles. The number of para-hydroxylation sites is 1. The third-order valence-electron chi connectivity index (χ3n) is 3.50. The summed E-state index contributed by atoms with van der Waals surface area (Å²) in [4.78, 5) is 5.96. The second kappa shape index (κ2) is 6.26. The summed E-state index contributed by atoms with van der Waals surface area (Å²) in [6.07, 6.45) is 0. The lowest BCUT2D eigenvalue weighted by molar-refractivity contribution is 0.641. The summed E-state index contributed by atoms with van der Waals surface area (Å²) in [5.74, 6) is 0. The van der Waals surface area contributed by atoms with Crippen molar-refractivity contribution in [2.45, 2.75) is 19.9 Å². The maximum Gasteiger partial charge on any atom is 0.0708 e. The lowest BCUT2D eigenvalue weighted by atomic mass is 9.99. The van der Waals surface area contributed by atoms with Crippen LogP contribution in [0.4, 0.5) is 0 Å². The minimum atomic E-state index is 0.191. The molecule has 0 amide bonds. The Kier molecular flexibility index (Phi) is 4.38. The van der Waals surface area contributed by atoms with Gasteiger partial charge in [0.25, 0.3) is 0 Å². The van der Waals surface area contributed by atoms with E-state index < -0.39 is 0 Å². The number of fused-ring (bicyclic) bond motifs is 1. The van der Waals surface area contributed by atoms with Crippen LogP contribution in [0.2, 0.25) is 0 Å². The molecule has 3 rings (SSSR count). The van der Waals surface area contributed by atoms with Gasteiger partial charge in [-0.1, -0.05) is 25.1 Å². The van der Waals surface area contributed by atoms with Crippen molar-refractivity contribution in [1.29, 1.82) is 0 Å². The average Bonchev–Trinajstić information content (AvgIpc) is 2.90. The zero-order chi connectivity index (χ0) is 14.8. The second-order valence-corrected chi connectivity index (χ2v) is 6.80. The van der Waals surface area contributed by atoms with Crippen LogP contribution in [0.15, 0.2) is 46.3 Å². The summed E-state index contributed by atoms with van der Waals surface area (Å²) < 4.78 is 1.16. The summed E-state index contributed by atoms with van der Waals surface area (Å²) in [5, 5.41) is 6.96. The highest BCUT2D eigenvalue weighted by Gasteiger charge is 2.20. The fourth-order valence-corrected chi connectivity index (χ4v) is 4.33. The molecule has 1 unspecified atom stereocenters.